The molecule has 0 aliphatic carbocycles. The number of rotatable bonds is 10. The van der Waals surface area contributed by atoms with Crippen molar-refractivity contribution in [2.75, 3.05) is 25.0 Å². The minimum absolute atomic E-state index is 0.0287. The maximum Gasteiger partial charge on any atom is 0.264 e. The molecule has 0 heterocycles. The van der Waals surface area contributed by atoms with E-state index in [0.29, 0.717) is 10.8 Å². The fourth-order valence-electron chi connectivity index (χ4n) is 3.66. The van der Waals surface area contributed by atoms with E-state index in [2.05, 4.69) is 21.2 Å². The number of methoxy groups -OCH3 is 1. The van der Waals surface area contributed by atoms with Crippen LogP contribution in [0.3, 0.4) is 0 Å². The number of amides is 2. The van der Waals surface area contributed by atoms with Crippen molar-refractivity contribution < 1.29 is 22.7 Å². The first-order valence-corrected chi connectivity index (χ1v) is 13.9. The first-order valence-electron chi connectivity index (χ1n) is 11.2. The first kappa shape index (κ1) is 28.5. The van der Waals surface area contributed by atoms with Crippen LogP contribution in [-0.4, -0.2) is 51.9 Å². The topological polar surface area (TPSA) is 96.0 Å². The van der Waals surface area contributed by atoms with Gasteiger partial charge in [0.25, 0.3) is 10.0 Å². The number of anilines is 1. The number of likely N-dealkylation sites (N-methyl/N-ethyl adjacent to an activating group) is 1. The highest BCUT2D eigenvalue weighted by atomic mass is 79.9. The maximum absolute atomic E-state index is 13.8. The Labute approximate surface area is 230 Å². The lowest BCUT2D eigenvalue weighted by atomic mass is 10.1. The van der Waals surface area contributed by atoms with Crippen LogP contribution in [0.25, 0.3) is 0 Å². The van der Waals surface area contributed by atoms with Gasteiger partial charge in [-0.25, -0.2) is 8.42 Å². The lowest BCUT2D eigenvalue weighted by Crippen LogP contribution is -2.50. The number of hydrogen-bond donors (Lipinski definition) is 1. The zero-order valence-corrected chi connectivity index (χ0v) is 23.7. The summed E-state index contributed by atoms with van der Waals surface area (Å²) in [4.78, 5) is 27.6. The van der Waals surface area contributed by atoms with Crippen molar-refractivity contribution in [2.45, 2.75) is 24.4 Å². The molecule has 0 aliphatic rings. The highest BCUT2D eigenvalue weighted by Gasteiger charge is 2.32. The normalized spacial score (nSPS) is 11.9. The molecule has 3 aromatic carbocycles. The van der Waals surface area contributed by atoms with Gasteiger partial charge in [0.2, 0.25) is 11.8 Å². The van der Waals surface area contributed by atoms with E-state index < -0.39 is 28.5 Å². The Bertz CT molecular complexity index is 1370. The number of hydrogen-bond acceptors (Lipinski definition) is 5. The molecule has 0 bridgehead atoms. The largest absolute Gasteiger partial charge is 0.497 e. The Balaban J connectivity index is 2.03. The molecule has 11 heteroatoms. The molecule has 0 saturated carbocycles. The molecule has 2 amide bonds. The van der Waals surface area contributed by atoms with Gasteiger partial charge in [-0.1, -0.05) is 45.7 Å². The zero-order valence-electron chi connectivity index (χ0n) is 20.5. The van der Waals surface area contributed by atoms with E-state index in [-0.39, 0.29) is 23.0 Å². The fourth-order valence-corrected chi connectivity index (χ4v) is 5.70. The molecule has 0 aliphatic heterocycles. The van der Waals surface area contributed by atoms with E-state index in [1.807, 2.05) is 24.3 Å². The van der Waals surface area contributed by atoms with Crippen molar-refractivity contribution in [3.05, 3.63) is 87.9 Å². The molecule has 37 heavy (non-hydrogen) atoms. The molecule has 1 atom stereocenters. The van der Waals surface area contributed by atoms with E-state index in [4.69, 9.17) is 16.3 Å². The van der Waals surface area contributed by atoms with Crippen molar-refractivity contribution in [1.29, 1.82) is 0 Å². The summed E-state index contributed by atoms with van der Waals surface area (Å²) in [6.45, 7) is 1.14. The van der Waals surface area contributed by atoms with Crippen LogP contribution in [-0.2, 0) is 26.2 Å². The SMILES string of the molecule is CNC(=O)[C@H](C)N(Cc1cccc(Br)c1)C(=O)CN(c1cccc(Cl)c1)S(=O)(=O)c1ccc(OC)cc1. The smallest absolute Gasteiger partial charge is 0.264 e. The van der Waals surface area contributed by atoms with Crippen LogP contribution in [0, 0.1) is 0 Å². The number of ether oxygens (including phenoxy) is 1. The van der Waals surface area contributed by atoms with Crippen LogP contribution in [0.5, 0.6) is 5.75 Å². The van der Waals surface area contributed by atoms with Gasteiger partial charge in [0.05, 0.1) is 17.7 Å². The van der Waals surface area contributed by atoms with Gasteiger partial charge in [0.1, 0.15) is 18.3 Å². The van der Waals surface area contributed by atoms with Crippen molar-refractivity contribution in [3.8, 4) is 5.75 Å². The Morgan fingerprint density at radius 2 is 1.73 bits per heavy atom. The van der Waals surface area contributed by atoms with E-state index in [0.717, 1.165) is 14.3 Å². The third-order valence-electron chi connectivity index (χ3n) is 5.68. The van der Waals surface area contributed by atoms with Gasteiger partial charge in [-0.3, -0.25) is 13.9 Å². The van der Waals surface area contributed by atoms with E-state index >= 15 is 0 Å². The quantitative estimate of drug-likeness (QED) is 0.367. The summed E-state index contributed by atoms with van der Waals surface area (Å²) in [7, 11) is -1.23. The Morgan fingerprint density at radius 1 is 1.05 bits per heavy atom. The van der Waals surface area contributed by atoms with Crippen molar-refractivity contribution in [3.63, 3.8) is 0 Å². The standard InChI is InChI=1S/C26H27BrClN3O5S/c1-18(26(33)29-2)30(16-19-6-4-7-20(27)14-19)25(32)17-31(22-9-5-8-21(28)15-22)37(34,35)24-12-10-23(36-3)11-13-24/h4-15,18H,16-17H2,1-3H3,(H,29,33)/t18-/m0/s1. The second kappa shape index (κ2) is 12.4. The predicted molar refractivity (Wildman–Crippen MR) is 147 cm³/mol. The molecule has 0 radical (unpaired) electrons. The monoisotopic (exact) mass is 607 g/mol. The Morgan fingerprint density at radius 3 is 2.32 bits per heavy atom. The number of sulfonamides is 1. The van der Waals surface area contributed by atoms with Crippen LogP contribution >= 0.6 is 27.5 Å². The third kappa shape index (κ3) is 7.03. The number of nitrogens with one attached hydrogen (secondary N) is 1. The predicted octanol–water partition coefficient (Wildman–Crippen LogP) is 4.47. The Hall–Kier alpha value is -3.08. The second-order valence-electron chi connectivity index (χ2n) is 8.11. The van der Waals surface area contributed by atoms with Crippen LogP contribution in [0.15, 0.2) is 82.2 Å². The zero-order chi connectivity index (χ0) is 27.2. The third-order valence-corrected chi connectivity index (χ3v) is 8.19. The molecular weight excluding hydrogens is 582 g/mol. The summed E-state index contributed by atoms with van der Waals surface area (Å²) in [5, 5.41) is 2.86. The summed E-state index contributed by atoms with van der Waals surface area (Å²) in [6.07, 6.45) is 0. The fraction of sp³-hybridized carbons (Fsp3) is 0.231. The molecular formula is C26H27BrClN3O5S. The van der Waals surface area contributed by atoms with Crippen molar-refractivity contribution in [1.82, 2.24) is 10.2 Å². The number of benzene rings is 3. The van der Waals surface area contributed by atoms with E-state index in [9.17, 15) is 18.0 Å². The molecule has 1 N–H and O–H groups in total. The Kier molecular flexibility index (Phi) is 9.58. The molecule has 3 rings (SSSR count). The second-order valence-corrected chi connectivity index (χ2v) is 11.3. The molecule has 0 spiro atoms. The summed E-state index contributed by atoms with van der Waals surface area (Å²) in [5.41, 5.74) is 0.984. The minimum atomic E-state index is -4.19. The van der Waals surface area contributed by atoms with Crippen LogP contribution < -0.4 is 14.4 Å². The molecule has 0 unspecified atom stereocenters. The average molecular weight is 609 g/mol. The minimum Gasteiger partial charge on any atom is -0.497 e. The molecule has 196 valence electrons. The average Bonchev–Trinajstić information content (AvgIpc) is 2.89. The highest BCUT2D eigenvalue weighted by molar-refractivity contribution is 9.10. The van der Waals surface area contributed by atoms with Gasteiger partial charge >= 0.3 is 0 Å². The molecule has 8 nitrogen and oxygen atoms in total. The first-order chi connectivity index (χ1) is 17.6. The van der Waals surface area contributed by atoms with Crippen LogP contribution in [0.1, 0.15) is 12.5 Å². The molecule has 0 aromatic heterocycles. The van der Waals surface area contributed by atoms with Gasteiger partial charge in [-0.05, 0) is 67.1 Å². The lowest BCUT2D eigenvalue weighted by molar-refractivity contribution is -0.139. The number of carbonyl (C=O) groups excluding carboxylic acids is 2. The van der Waals surface area contributed by atoms with Crippen molar-refractivity contribution in [2.24, 2.45) is 0 Å². The van der Waals surface area contributed by atoms with Gasteiger partial charge in [-0.2, -0.15) is 0 Å². The van der Waals surface area contributed by atoms with Gasteiger partial charge in [-0.15, -0.1) is 0 Å². The van der Waals surface area contributed by atoms with Gasteiger partial charge < -0.3 is 15.0 Å². The highest BCUT2D eigenvalue weighted by Crippen LogP contribution is 2.28. The van der Waals surface area contributed by atoms with Crippen LogP contribution in [0.2, 0.25) is 5.02 Å². The summed E-state index contributed by atoms with van der Waals surface area (Å²) >= 11 is 9.58. The molecule has 0 saturated heterocycles. The molecule has 3 aromatic rings. The van der Waals surface area contributed by atoms with E-state index in [1.165, 1.54) is 49.4 Å². The van der Waals surface area contributed by atoms with Crippen LogP contribution in [0.4, 0.5) is 5.69 Å². The summed E-state index contributed by atoms with van der Waals surface area (Å²) < 4.78 is 34.4. The summed E-state index contributed by atoms with van der Waals surface area (Å²) in [6, 6.07) is 18.6. The summed E-state index contributed by atoms with van der Waals surface area (Å²) in [5.74, 6) is -0.451. The number of carbonyl (C=O) groups is 2. The maximum atomic E-state index is 13.8. The molecule has 0 fully saturated rings. The number of nitrogens with zero attached hydrogens (tertiary/aromatic N) is 2. The van der Waals surface area contributed by atoms with Gasteiger partial charge in [0, 0.05) is 23.1 Å². The van der Waals surface area contributed by atoms with Crippen molar-refractivity contribution >= 4 is 55.1 Å². The number of halogens is 2. The lowest BCUT2D eigenvalue weighted by Gasteiger charge is -2.31. The van der Waals surface area contributed by atoms with E-state index in [1.54, 1.807) is 25.1 Å². The van der Waals surface area contributed by atoms with Gasteiger partial charge in [0.15, 0.2) is 0 Å².